The molecule has 1 atom stereocenters. The van der Waals surface area contributed by atoms with Crippen LogP contribution in [-0.4, -0.2) is 6.04 Å². The highest BCUT2D eigenvalue weighted by Crippen LogP contribution is 2.57. The lowest BCUT2D eigenvalue weighted by Crippen LogP contribution is -2.31. The molecule has 0 N–H and O–H groups in total. The Labute approximate surface area is 419 Å². The molecule has 2 aliphatic rings. The number of hydrogen-bond donors (Lipinski definition) is 0. The van der Waals surface area contributed by atoms with E-state index in [2.05, 4.69) is 200 Å². The van der Waals surface area contributed by atoms with Crippen molar-refractivity contribution in [3.63, 3.8) is 0 Å². The second-order valence-electron chi connectivity index (χ2n) is 18.7. The molecule has 11 aromatic carbocycles. The van der Waals surface area contributed by atoms with Crippen molar-refractivity contribution < 1.29 is 9.90 Å². The summed E-state index contributed by atoms with van der Waals surface area (Å²) in [5.41, 5.74) is 13.5. The van der Waals surface area contributed by atoms with Crippen LogP contribution >= 0.6 is 0 Å². The van der Waals surface area contributed by atoms with E-state index < -0.39 is 5.41 Å². The monoisotopic (exact) mass is 909 g/mol. The third-order valence-corrected chi connectivity index (χ3v) is 15.0. The average Bonchev–Trinajstić information content (AvgIpc) is 4.11. The Kier molecular flexibility index (Phi) is 8.65. The van der Waals surface area contributed by atoms with Crippen LogP contribution in [0.3, 0.4) is 0 Å². The molecule has 0 saturated heterocycles. The van der Waals surface area contributed by atoms with Crippen LogP contribution in [-0.2, 0) is 5.41 Å². The van der Waals surface area contributed by atoms with Crippen LogP contribution in [0.1, 0.15) is 39.7 Å². The Morgan fingerprint density at radius 1 is 0.437 bits per heavy atom. The van der Waals surface area contributed by atoms with Crippen LogP contribution < -0.4 is 4.90 Å². The zero-order valence-corrected chi connectivity index (χ0v) is 38.7. The van der Waals surface area contributed by atoms with E-state index in [1.807, 2.05) is 47.4 Å². The van der Waals surface area contributed by atoms with Gasteiger partial charge in [0.25, 0.3) is 0 Å². The van der Waals surface area contributed by atoms with Crippen molar-refractivity contribution in [3.05, 3.63) is 295 Å². The lowest BCUT2D eigenvalue weighted by atomic mass is 9.67. The van der Waals surface area contributed by atoms with Crippen molar-refractivity contribution in [1.29, 1.82) is 0 Å². The molecule has 1 unspecified atom stereocenters. The molecule has 334 valence electrons. The van der Waals surface area contributed by atoms with Crippen LogP contribution in [0.5, 0.6) is 0 Å². The highest BCUT2D eigenvalue weighted by Gasteiger charge is 2.46. The highest BCUT2D eigenvalue weighted by atomic mass is 16.3. The molecule has 0 radical (unpaired) electrons. The molecule has 1 aromatic heterocycles. The number of hydrogen-bond acceptors (Lipinski definition) is 2. The summed E-state index contributed by atoms with van der Waals surface area (Å²) in [6.07, 6.45) is 7.10. The molecule has 0 bridgehead atoms. The summed E-state index contributed by atoms with van der Waals surface area (Å²) in [4.78, 5) is 2.05. The van der Waals surface area contributed by atoms with Crippen LogP contribution in [0.4, 0.5) is 11.4 Å². The molecule has 2 aliphatic carbocycles. The maximum absolute atomic E-state index is 10.00. The molecule has 0 aliphatic heterocycles. The summed E-state index contributed by atoms with van der Waals surface area (Å²) in [6.45, 7) is 0. The second-order valence-corrected chi connectivity index (χ2v) is 18.7. The Hall–Kier alpha value is -8.98. The summed E-state index contributed by atoms with van der Waals surface area (Å²) in [5.74, 6) is 0. The van der Waals surface area contributed by atoms with Crippen LogP contribution in [0.15, 0.2) is 271 Å². The molecule has 12 aromatic rings. The molecule has 0 spiro atoms. The van der Waals surface area contributed by atoms with Crippen molar-refractivity contribution in [2.75, 3.05) is 4.90 Å². The van der Waals surface area contributed by atoms with Gasteiger partial charge in [-0.25, -0.2) is 0 Å². The van der Waals surface area contributed by atoms with Gasteiger partial charge in [-0.2, -0.15) is 0 Å². The van der Waals surface area contributed by atoms with E-state index in [4.69, 9.17) is 4.42 Å². The SMILES string of the molecule is [2H]c1c([2H])c(N(c2ccc3c(c2)C(c2ccccc2)(c2ccccc2)c2ccccc2-3)C2C=CC(c3ccc(-c4cc5ccccc5c5ccccc45)cc3)=CC2)c([2H])c([2H])c1-c1cccc2c1oc1ccccc12. The van der Waals surface area contributed by atoms with Gasteiger partial charge in [0.1, 0.15) is 11.2 Å². The van der Waals surface area contributed by atoms with E-state index in [1.165, 1.54) is 32.7 Å². The fourth-order valence-corrected chi connectivity index (χ4v) is 11.7. The number of nitrogens with zero attached hydrogens (tertiary/aromatic N) is 1. The average molecular weight is 910 g/mol. The molecular weight excluding hydrogens is 859 g/mol. The van der Waals surface area contributed by atoms with E-state index in [9.17, 15) is 5.48 Å². The van der Waals surface area contributed by atoms with E-state index >= 15 is 0 Å². The molecule has 1 heterocycles. The predicted octanol–water partition coefficient (Wildman–Crippen LogP) is 18.1. The van der Waals surface area contributed by atoms with Crippen molar-refractivity contribution >= 4 is 60.4 Å². The topological polar surface area (TPSA) is 16.4 Å². The summed E-state index contributed by atoms with van der Waals surface area (Å²) in [5, 5.41) is 6.70. The molecule has 0 amide bonds. The maximum atomic E-state index is 10.00. The Balaban J connectivity index is 0.919. The number of rotatable bonds is 8. The lowest BCUT2D eigenvalue weighted by molar-refractivity contribution is 0.670. The minimum Gasteiger partial charge on any atom is -0.455 e. The Morgan fingerprint density at radius 3 is 1.82 bits per heavy atom. The van der Waals surface area contributed by atoms with E-state index in [0.717, 1.165) is 61.0 Å². The van der Waals surface area contributed by atoms with Gasteiger partial charge < -0.3 is 9.32 Å². The quantitative estimate of drug-likeness (QED) is 0.141. The lowest BCUT2D eigenvalue weighted by Gasteiger charge is -2.36. The second kappa shape index (κ2) is 16.6. The van der Waals surface area contributed by atoms with E-state index in [0.29, 0.717) is 23.2 Å². The largest absolute Gasteiger partial charge is 0.455 e. The predicted molar refractivity (Wildman–Crippen MR) is 297 cm³/mol. The number of allylic oxidation sites excluding steroid dienone is 2. The van der Waals surface area contributed by atoms with Crippen LogP contribution in [0, 0.1) is 0 Å². The summed E-state index contributed by atoms with van der Waals surface area (Å²) in [7, 11) is 0. The van der Waals surface area contributed by atoms with Crippen molar-refractivity contribution in [1.82, 2.24) is 0 Å². The number of benzene rings is 11. The first-order valence-corrected chi connectivity index (χ1v) is 24.4. The van der Waals surface area contributed by atoms with Gasteiger partial charge in [-0.1, -0.05) is 231 Å². The zero-order valence-electron chi connectivity index (χ0n) is 42.7. The normalized spacial score (nSPS) is 15.5. The van der Waals surface area contributed by atoms with E-state index in [1.54, 1.807) is 0 Å². The van der Waals surface area contributed by atoms with Gasteiger partial charge in [0.15, 0.2) is 0 Å². The number of fused-ring (bicyclic) bond motifs is 9. The van der Waals surface area contributed by atoms with Crippen molar-refractivity contribution in [3.8, 4) is 33.4 Å². The van der Waals surface area contributed by atoms with Gasteiger partial charge >= 0.3 is 0 Å². The first-order valence-electron chi connectivity index (χ1n) is 26.4. The van der Waals surface area contributed by atoms with Crippen LogP contribution in [0.25, 0.3) is 82.4 Å². The van der Waals surface area contributed by atoms with Crippen molar-refractivity contribution in [2.24, 2.45) is 0 Å². The number of furan rings is 1. The standard InChI is InChI=1S/C69H47NO/c1-3-17-51(18-4-1)69(52-19-5-2-6-20-52)65-28-13-11-24-60(65)61-43-42-55(45-66(61)69)70(54-40-36-48(37-41-54)57-26-15-27-63-62-25-12-14-29-67(62)71-68(57)63)53-38-34-47(35-39-53)46-30-32-49(33-31-46)64-44-50-16-7-8-21-56(50)58-22-9-10-23-59(58)64/h1-38,40-45,53H,39H2/i36D,37D,40D,41D. The number of anilines is 2. The molecule has 0 saturated carbocycles. The fourth-order valence-electron chi connectivity index (χ4n) is 11.7. The van der Waals surface area contributed by atoms with E-state index in [-0.39, 0.29) is 41.5 Å². The van der Waals surface area contributed by atoms with Crippen LogP contribution in [0.2, 0.25) is 0 Å². The zero-order chi connectivity index (χ0) is 50.4. The third kappa shape index (κ3) is 6.56. The smallest absolute Gasteiger partial charge is 0.143 e. The van der Waals surface area contributed by atoms with Gasteiger partial charge in [-0.05, 0) is 126 Å². The van der Waals surface area contributed by atoms with Gasteiger partial charge in [0, 0.05) is 27.7 Å². The summed E-state index contributed by atoms with van der Waals surface area (Å²) in [6, 6.07) is 77.5. The Bertz CT molecular complexity index is 4260. The first kappa shape index (κ1) is 37.0. The van der Waals surface area contributed by atoms with Crippen molar-refractivity contribution in [2.45, 2.75) is 17.9 Å². The third-order valence-electron chi connectivity index (χ3n) is 15.0. The fraction of sp³-hybridized carbons (Fsp3) is 0.0435. The summed E-state index contributed by atoms with van der Waals surface area (Å²) >= 11 is 0. The molecule has 2 heteroatoms. The minimum atomic E-state index is -0.694. The minimum absolute atomic E-state index is 0.125. The summed E-state index contributed by atoms with van der Waals surface area (Å²) < 4.78 is 46.0. The highest BCUT2D eigenvalue weighted by molar-refractivity contribution is 6.14. The van der Waals surface area contributed by atoms with Gasteiger partial charge in [0.05, 0.1) is 16.9 Å². The van der Waals surface area contributed by atoms with Gasteiger partial charge in [-0.15, -0.1) is 0 Å². The number of para-hydroxylation sites is 2. The first-order chi connectivity index (χ1) is 36.9. The molecule has 14 rings (SSSR count). The molecule has 0 fully saturated rings. The molecule has 71 heavy (non-hydrogen) atoms. The Morgan fingerprint density at radius 2 is 1.06 bits per heavy atom. The van der Waals surface area contributed by atoms with Gasteiger partial charge in [-0.3, -0.25) is 0 Å². The molecular formula is C69H47NO. The molecule has 2 nitrogen and oxygen atoms in total. The maximum Gasteiger partial charge on any atom is 0.143 e. The van der Waals surface area contributed by atoms with Gasteiger partial charge in [0.2, 0.25) is 0 Å².